The van der Waals surface area contributed by atoms with Gasteiger partial charge in [-0.05, 0) is 76.1 Å². The standard InChI is InChI=1S/C29H31N5O4/c1-19-6-5-7-21(14-19)32-28(36)34-13-10-20-15-22(8-9-25(20)34)37-27-23-11-12-33(16-24(23)30-18-31-27)17-26(35)38-29(2,3)4/h5-10,13-15,18H,11-12,16-17H2,1-4H3,(H,32,36). The maximum absolute atomic E-state index is 12.9. The summed E-state index contributed by atoms with van der Waals surface area (Å²) in [7, 11) is 0. The van der Waals surface area contributed by atoms with Crippen LogP contribution in [0.25, 0.3) is 10.9 Å². The Hall–Kier alpha value is -4.24. The van der Waals surface area contributed by atoms with Gasteiger partial charge in [-0.25, -0.2) is 14.8 Å². The second-order valence-corrected chi connectivity index (χ2v) is 10.5. The van der Waals surface area contributed by atoms with Crippen LogP contribution in [-0.4, -0.2) is 50.1 Å². The minimum atomic E-state index is -0.513. The van der Waals surface area contributed by atoms with Gasteiger partial charge in [-0.15, -0.1) is 0 Å². The quantitative estimate of drug-likeness (QED) is 0.361. The zero-order valence-electron chi connectivity index (χ0n) is 22.0. The van der Waals surface area contributed by atoms with Gasteiger partial charge in [0.05, 0.1) is 17.8 Å². The Balaban J connectivity index is 1.28. The molecular weight excluding hydrogens is 482 g/mol. The molecule has 0 spiro atoms. The average Bonchev–Trinajstić information content (AvgIpc) is 3.26. The number of ether oxygens (including phenoxy) is 2. The van der Waals surface area contributed by atoms with Gasteiger partial charge >= 0.3 is 12.0 Å². The summed E-state index contributed by atoms with van der Waals surface area (Å²) in [5.41, 5.74) is 3.85. The van der Waals surface area contributed by atoms with E-state index in [9.17, 15) is 9.59 Å². The number of aromatic nitrogens is 3. The maximum atomic E-state index is 12.9. The lowest BCUT2D eigenvalue weighted by Crippen LogP contribution is -2.38. The first-order valence-electron chi connectivity index (χ1n) is 12.6. The summed E-state index contributed by atoms with van der Waals surface area (Å²) in [5, 5.41) is 3.80. The largest absolute Gasteiger partial charge is 0.459 e. The number of carbonyl (C=O) groups excluding carboxylic acids is 2. The van der Waals surface area contributed by atoms with Crippen molar-refractivity contribution in [3.63, 3.8) is 0 Å². The molecule has 4 aromatic rings. The molecule has 5 rings (SSSR count). The van der Waals surface area contributed by atoms with E-state index < -0.39 is 5.60 Å². The van der Waals surface area contributed by atoms with Gasteiger partial charge in [0.2, 0.25) is 5.88 Å². The molecule has 1 amide bonds. The van der Waals surface area contributed by atoms with E-state index in [0.717, 1.165) is 33.4 Å². The van der Waals surface area contributed by atoms with Crippen molar-refractivity contribution in [2.24, 2.45) is 0 Å². The summed E-state index contributed by atoms with van der Waals surface area (Å²) in [4.78, 5) is 36.0. The fraction of sp³-hybridized carbons (Fsp3) is 0.310. The van der Waals surface area contributed by atoms with E-state index in [1.165, 1.54) is 6.33 Å². The molecule has 9 nitrogen and oxygen atoms in total. The molecule has 0 saturated heterocycles. The van der Waals surface area contributed by atoms with Gasteiger partial charge in [-0.3, -0.25) is 14.3 Å². The van der Waals surface area contributed by atoms with E-state index >= 15 is 0 Å². The predicted molar refractivity (Wildman–Crippen MR) is 144 cm³/mol. The second-order valence-electron chi connectivity index (χ2n) is 10.5. The van der Waals surface area contributed by atoms with E-state index in [1.807, 2.05) is 81.1 Å². The number of nitrogens with zero attached hydrogens (tertiary/aromatic N) is 4. The van der Waals surface area contributed by atoms with Crippen LogP contribution in [0.15, 0.2) is 61.1 Å². The molecule has 3 heterocycles. The van der Waals surface area contributed by atoms with Crippen LogP contribution in [0.2, 0.25) is 0 Å². The van der Waals surface area contributed by atoms with Gasteiger partial charge in [0.25, 0.3) is 0 Å². The van der Waals surface area contributed by atoms with Crippen LogP contribution in [0.3, 0.4) is 0 Å². The van der Waals surface area contributed by atoms with Gasteiger partial charge in [-0.2, -0.15) is 0 Å². The Morgan fingerprint density at radius 1 is 1.08 bits per heavy atom. The van der Waals surface area contributed by atoms with Crippen molar-refractivity contribution >= 4 is 28.6 Å². The summed E-state index contributed by atoms with van der Waals surface area (Å²) in [6.45, 7) is 8.97. The summed E-state index contributed by atoms with van der Waals surface area (Å²) in [6.07, 6.45) is 3.88. The normalized spacial score (nSPS) is 13.7. The monoisotopic (exact) mass is 513 g/mol. The van der Waals surface area contributed by atoms with E-state index in [0.29, 0.717) is 31.1 Å². The minimum absolute atomic E-state index is 0.210. The summed E-state index contributed by atoms with van der Waals surface area (Å²) in [5.74, 6) is 0.869. The number of fused-ring (bicyclic) bond motifs is 2. The first-order valence-corrected chi connectivity index (χ1v) is 12.6. The molecule has 0 radical (unpaired) electrons. The molecular formula is C29H31N5O4. The van der Waals surface area contributed by atoms with Gasteiger partial charge in [0.1, 0.15) is 17.7 Å². The van der Waals surface area contributed by atoms with Crippen LogP contribution in [0, 0.1) is 6.92 Å². The highest BCUT2D eigenvalue weighted by Crippen LogP contribution is 2.30. The highest BCUT2D eigenvalue weighted by molar-refractivity contribution is 5.98. The summed E-state index contributed by atoms with van der Waals surface area (Å²) in [6, 6.07) is 14.9. The number of hydrogen-bond acceptors (Lipinski definition) is 7. The highest BCUT2D eigenvalue weighted by Gasteiger charge is 2.25. The van der Waals surface area contributed by atoms with Crippen molar-refractivity contribution in [3.8, 4) is 11.6 Å². The van der Waals surface area contributed by atoms with E-state index in [-0.39, 0.29) is 18.5 Å². The number of anilines is 1. The lowest BCUT2D eigenvalue weighted by atomic mass is 10.1. The topological polar surface area (TPSA) is 98.6 Å². The zero-order chi connectivity index (χ0) is 26.9. The molecule has 38 heavy (non-hydrogen) atoms. The summed E-state index contributed by atoms with van der Waals surface area (Å²) < 4.78 is 13.2. The van der Waals surface area contributed by atoms with Crippen LogP contribution in [0.5, 0.6) is 11.6 Å². The smallest absolute Gasteiger partial charge is 0.330 e. The van der Waals surface area contributed by atoms with Crippen molar-refractivity contribution in [1.82, 2.24) is 19.4 Å². The van der Waals surface area contributed by atoms with Crippen LogP contribution in [0.4, 0.5) is 10.5 Å². The fourth-order valence-corrected chi connectivity index (χ4v) is 4.54. The molecule has 0 fully saturated rings. The fourth-order valence-electron chi connectivity index (χ4n) is 4.54. The average molecular weight is 514 g/mol. The van der Waals surface area contributed by atoms with Gasteiger partial charge in [-0.1, -0.05) is 12.1 Å². The Morgan fingerprint density at radius 2 is 1.92 bits per heavy atom. The maximum Gasteiger partial charge on any atom is 0.330 e. The lowest BCUT2D eigenvalue weighted by molar-refractivity contribution is -0.156. The molecule has 0 atom stereocenters. The number of aryl methyl sites for hydroxylation is 1. The predicted octanol–water partition coefficient (Wildman–Crippen LogP) is 5.31. The molecule has 0 saturated carbocycles. The van der Waals surface area contributed by atoms with Crippen molar-refractivity contribution in [3.05, 3.63) is 77.9 Å². The van der Waals surface area contributed by atoms with Crippen molar-refractivity contribution in [2.45, 2.75) is 46.3 Å². The third kappa shape index (κ3) is 5.84. The Morgan fingerprint density at radius 3 is 2.71 bits per heavy atom. The number of carbonyl (C=O) groups is 2. The number of benzene rings is 2. The van der Waals surface area contributed by atoms with Gasteiger partial charge in [0.15, 0.2) is 0 Å². The number of amides is 1. The second kappa shape index (κ2) is 10.3. The molecule has 2 aromatic carbocycles. The molecule has 1 N–H and O–H groups in total. The lowest BCUT2D eigenvalue weighted by Gasteiger charge is -2.29. The van der Waals surface area contributed by atoms with Gasteiger partial charge in [0, 0.05) is 35.9 Å². The Labute approximate surface area is 221 Å². The van der Waals surface area contributed by atoms with Crippen LogP contribution < -0.4 is 10.1 Å². The Bertz CT molecular complexity index is 1500. The Kier molecular flexibility index (Phi) is 6.86. The molecule has 0 aliphatic carbocycles. The van der Waals surface area contributed by atoms with Gasteiger partial charge < -0.3 is 14.8 Å². The molecule has 2 aromatic heterocycles. The van der Waals surface area contributed by atoms with Crippen molar-refractivity contribution < 1.29 is 19.1 Å². The van der Waals surface area contributed by atoms with Crippen molar-refractivity contribution in [2.75, 3.05) is 18.4 Å². The number of esters is 1. The molecule has 196 valence electrons. The molecule has 0 bridgehead atoms. The highest BCUT2D eigenvalue weighted by atomic mass is 16.6. The zero-order valence-corrected chi connectivity index (χ0v) is 22.0. The number of rotatable bonds is 5. The van der Waals surface area contributed by atoms with E-state index in [4.69, 9.17) is 9.47 Å². The summed E-state index contributed by atoms with van der Waals surface area (Å²) >= 11 is 0. The number of hydrogen-bond donors (Lipinski definition) is 1. The van der Waals surface area contributed by atoms with Crippen LogP contribution >= 0.6 is 0 Å². The van der Waals surface area contributed by atoms with Crippen LogP contribution in [-0.2, 0) is 22.5 Å². The molecule has 0 unspecified atom stereocenters. The van der Waals surface area contributed by atoms with E-state index in [1.54, 1.807) is 10.8 Å². The first kappa shape index (κ1) is 25.4. The first-order chi connectivity index (χ1) is 18.1. The van der Waals surface area contributed by atoms with E-state index in [2.05, 4.69) is 15.3 Å². The third-order valence-electron chi connectivity index (χ3n) is 6.18. The van der Waals surface area contributed by atoms with Crippen LogP contribution in [0.1, 0.15) is 37.6 Å². The molecule has 1 aliphatic rings. The SMILES string of the molecule is Cc1cccc(NC(=O)n2ccc3cc(Oc4ncnc5c4CCN(CC(=O)OC(C)(C)C)C5)ccc32)c1. The van der Waals surface area contributed by atoms with Crippen molar-refractivity contribution in [1.29, 1.82) is 0 Å². The minimum Gasteiger partial charge on any atom is -0.459 e. The molecule has 9 heteroatoms. The molecule has 1 aliphatic heterocycles. The number of nitrogens with one attached hydrogen (secondary N) is 1. The third-order valence-corrected chi connectivity index (χ3v) is 6.18.